The van der Waals surface area contributed by atoms with Crippen LogP contribution in [0.3, 0.4) is 0 Å². The van der Waals surface area contributed by atoms with E-state index in [2.05, 4.69) is 32.6 Å². The summed E-state index contributed by atoms with van der Waals surface area (Å²) in [6, 6.07) is 0.131. The molecule has 0 aromatic carbocycles. The van der Waals surface area contributed by atoms with Crippen LogP contribution in [0.5, 0.6) is 0 Å². The van der Waals surface area contributed by atoms with Gasteiger partial charge in [0.25, 0.3) is 0 Å². The zero-order chi connectivity index (χ0) is 12.3. The van der Waals surface area contributed by atoms with Gasteiger partial charge in [0.15, 0.2) is 6.29 Å². The van der Waals surface area contributed by atoms with Crippen LogP contribution in [0.15, 0.2) is 5.11 Å². The lowest BCUT2D eigenvalue weighted by atomic mass is 10.1. The monoisotopic (exact) mass is 353 g/mol. The Kier molecular flexibility index (Phi) is 8.78. The van der Waals surface area contributed by atoms with E-state index in [-0.39, 0.29) is 12.3 Å². The molecule has 0 saturated carbocycles. The minimum atomic E-state index is 0.0150. The number of hydrogen-bond acceptors (Lipinski definition) is 3. The first kappa shape index (κ1) is 15.0. The zero-order valence-corrected chi connectivity index (χ0v) is 12.2. The van der Waals surface area contributed by atoms with Gasteiger partial charge in [-0.05, 0) is 37.6 Å². The molecule has 0 bridgehead atoms. The van der Waals surface area contributed by atoms with E-state index in [0.29, 0.717) is 0 Å². The van der Waals surface area contributed by atoms with Crippen molar-refractivity contribution in [1.82, 2.24) is 0 Å². The van der Waals surface area contributed by atoms with Gasteiger partial charge >= 0.3 is 0 Å². The second kappa shape index (κ2) is 9.94. The highest BCUT2D eigenvalue weighted by atomic mass is 127. The van der Waals surface area contributed by atoms with Gasteiger partial charge in [-0.25, -0.2) is 0 Å². The lowest BCUT2D eigenvalue weighted by molar-refractivity contribution is -0.162. The molecule has 98 valence electrons. The number of unbranched alkanes of at least 4 members (excludes halogenated alkanes) is 1. The fraction of sp³-hybridized carbons (Fsp3) is 1.00. The summed E-state index contributed by atoms with van der Waals surface area (Å²) in [5.74, 6) is 0. The van der Waals surface area contributed by atoms with Crippen LogP contribution in [-0.2, 0) is 9.47 Å². The number of ether oxygens (including phenoxy) is 2. The Labute approximate surface area is 116 Å². The molecule has 0 N–H and O–H groups in total. The van der Waals surface area contributed by atoms with Crippen LogP contribution in [0.2, 0.25) is 0 Å². The smallest absolute Gasteiger partial charge is 0.157 e. The Morgan fingerprint density at radius 1 is 1.47 bits per heavy atom. The minimum Gasteiger partial charge on any atom is -0.353 e. The second-order valence-corrected chi connectivity index (χ2v) is 5.06. The Morgan fingerprint density at radius 3 is 3.00 bits per heavy atom. The molecule has 5 nitrogen and oxygen atoms in total. The molecule has 0 aliphatic carbocycles. The van der Waals surface area contributed by atoms with Gasteiger partial charge in [-0.1, -0.05) is 34.1 Å². The number of rotatable bonds is 8. The van der Waals surface area contributed by atoms with E-state index < -0.39 is 0 Å². The molecule has 0 aromatic rings. The first-order chi connectivity index (χ1) is 8.36. The predicted molar refractivity (Wildman–Crippen MR) is 75.2 cm³/mol. The topological polar surface area (TPSA) is 67.2 Å². The number of azide groups is 1. The van der Waals surface area contributed by atoms with E-state index in [1.165, 1.54) is 6.42 Å². The molecular weight excluding hydrogens is 333 g/mol. The lowest BCUT2D eigenvalue weighted by Crippen LogP contribution is -2.22. The molecule has 17 heavy (non-hydrogen) atoms. The predicted octanol–water partition coefficient (Wildman–Crippen LogP) is 3.81. The van der Waals surface area contributed by atoms with E-state index >= 15 is 0 Å². The average Bonchev–Trinajstić information content (AvgIpc) is 2.38. The van der Waals surface area contributed by atoms with Crippen molar-refractivity contribution >= 4 is 22.6 Å². The summed E-state index contributed by atoms with van der Waals surface area (Å²) in [4.78, 5) is 2.85. The van der Waals surface area contributed by atoms with Crippen molar-refractivity contribution in [3.05, 3.63) is 10.4 Å². The van der Waals surface area contributed by atoms with E-state index in [1.54, 1.807) is 0 Å². The molecule has 1 fully saturated rings. The fourth-order valence-electron chi connectivity index (χ4n) is 1.78. The number of hydrogen-bond donors (Lipinski definition) is 0. The van der Waals surface area contributed by atoms with E-state index in [1.807, 2.05) is 0 Å². The lowest BCUT2D eigenvalue weighted by Gasteiger charge is -2.22. The third-order valence-corrected chi connectivity index (χ3v) is 3.78. The highest BCUT2D eigenvalue weighted by Gasteiger charge is 2.13. The van der Waals surface area contributed by atoms with Gasteiger partial charge in [0.05, 0.1) is 0 Å². The summed E-state index contributed by atoms with van der Waals surface area (Å²) in [5, 5.41) is 3.74. The molecule has 2 unspecified atom stereocenters. The Hall–Kier alpha value is -0.0400. The molecule has 1 saturated heterocycles. The van der Waals surface area contributed by atoms with Gasteiger partial charge in [-0.15, -0.1) is 0 Å². The number of nitrogens with zero attached hydrogens (tertiary/aromatic N) is 3. The third-order valence-electron chi connectivity index (χ3n) is 2.77. The zero-order valence-electron chi connectivity index (χ0n) is 10.1. The van der Waals surface area contributed by atoms with Crippen LogP contribution < -0.4 is 0 Å². The van der Waals surface area contributed by atoms with Gasteiger partial charge in [-0.3, -0.25) is 0 Å². The quantitative estimate of drug-likeness (QED) is 0.166. The summed E-state index contributed by atoms with van der Waals surface area (Å²) in [7, 11) is 0. The fourth-order valence-corrected chi connectivity index (χ4v) is 2.39. The van der Waals surface area contributed by atoms with Crippen molar-refractivity contribution in [3.8, 4) is 0 Å². The molecule has 6 heteroatoms. The van der Waals surface area contributed by atoms with Crippen LogP contribution >= 0.6 is 22.6 Å². The maximum atomic E-state index is 8.35. The van der Waals surface area contributed by atoms with Crippen LogP contribution in [0.1, 0.15) is 38.5 Å². The SMILES string of the molecule is [N-]=[N+]=NC(CI)CCCCOC1CCCCO1. The highest BCUT2D eigenvalue weighted by Crippen LogP contribution is 2.14. The Balaban J connectivity index is 1.97. The standard InChI is InChI=1S/C11H20IN3O2/c12-9-10(14-15-13)5-1-3-7-16-11-6-2-4-8-17-11/h10-11H,1-9H2. The molecular formula is C11H20IN3O2. The van der Waals surface area contributed by atoms with E-state index in [0.717, 1.165) is 49.7 Å². The van der Waals surface area contributed by atoms with Crippen LogP contribution in [-0.4, -0.2) is 30.0 Å². The Bertz CT molecular complexity index is 241. The average molecular weight is 353 g/mol. The van der Waals surface area contributed by atoms with Crippen LogP contribution in [0.4, 0.5) is 0 Å². The minimum absolute atomic E-state index is 0.0150. The van der Waals surface area contributed by atoms with Gasteiger partial charge in [0.2, 0.25) is 0 Å². The summed E-state index contributed by atoms with van der Waals surface area (Å²) in [5.41, 5.74) is 8.35. The summed E-state index contributed by atoms with van der Waals surface area (Å²) in [6.07, 6.45) is 6.40. The van der Waals surface area contributed by atoms with Crippen molar-refractivity contribution in [1.29, 1.82) is 0 Å². The Morgan fingerprint density at radius 2 is 2.35 bits per heavy atom. The molecule has 0 aromatic heterocycles. The maximum Gasteiger partial charge on any atom is 0.157 e. The van der Waals surface area contributed by atoms with Crippen LogP contribution in [0.25, 0.3) is 10.4 Å². The maximum absolute atomic E-state index is 8.35. The number of halogens is 1. The van der Waals surface area contributed by atoms with E-state index in [4.69, 9.17) is 15.0 Å². The molecule has 0 spiro atoms. The van der Waals surface area contributed by atoms with Gasteiger partial charge in [0.1, 0.15) is 0 Å². The van der Waals surface area contributed by atoms with Crippen molar-refractivity contribution in [2.75, 3.05) is 17.6 Å². The van der Waals surface area contributed by atoms with Gasteiger partial charge in [-0.2, -0.15) is 0 Å². The normalized spacial score (nSPS) is 21.8. The summed E-state index contributed by atoms with van der Waals surface area (Å²) < 4.78 is 12.0. The third kappa shape index (κ3) is 7.08. The molecule has 1 aliphatic heterocycles. The van der Waals surface area contributed by atoms with Crippen molar-refractivity contribution in [2.24, 2.45) is 5.11 Å². The van der Waals surface area contributed by atoms with Crippen molar-refractivity contribution < 1.29 is 9.47 Å². The van der Waals surface area contributed by atoms with Gasteiger partial charge < -0.3 is 9.47 Å². The van der Waals surface area contributed by atoms with Crippen molar-refractivity contribution in [3.63, 3.8) is 0 Å². The molecule has 1 aliphatic rings. The van der Waals surface area contributed by atoms with Gasteiger partial charge in [0, 0.05) is 28.6 Å². The van der Waals surface area contributed by atoms with E-state index in [9.17, 15) is 0 Å². The molecule has 1 rings (SSSR count). The second-order valence-electron chi connectivity index (χ2n) is 4.18. The molecule has 1 heterocycles. The summed E-state index contributed by atoms with van der Waals surface area (Å²) in [6.45, 7) is 1.58. The molecule has 2 atom stereocenters. The first-order valence-corrected chi connectivity index (χ1v) is 7.72. The molecule has 0 amide bonds. The van der Waals surface area contributed by atoms with Crippen LogP contribution in [0, 0.1) is 0 Å². The summed E-state index contributed by atoms with van der Waals surface area (Å²) >= 11 is 2.25. The van der Waals surface area contributed by atoms with Crippen molar-refractivity contribution in [2.45, 2.75) is 50.9 Å². The molecule has 0 radical (unpaired) electrons. The number of alkyl halides is 1. The first-order valence-electron chi connectivity index (χ1n) is 6.20. The largest absolute Gasteiger partial charge is 0.353 e. The highest BCUT2D eigenvalue weighted by molar-refractivity contribution is 14.1.